The molecule has 1 unspecified atom stereocenters. The van der Waals surface area contributed by atoms with Gasteiger partial charge in [0.05, 0.1) is 11.5 Å². The summed E-state index contributed by atoms with van der Waals surface area (Å²) in [6.07, 6.45) is 1.58. The van der Waals surface area contributed by atoms with Gasteiger partial charge in [-0.25, -0.2) is 8.42 Å². The molecule has 0 aliphatic carbocycles. The Hall–Kier alpha value is -1.23. The number of ether oxygens (including phenoxy) is 1. The quantitative estimate of drug-likeness (QED) is 0.884. The van der Waals surface area contributed by atoms with Gasteiger partial charge in [0.2, 0.25) is 0 Å². The third-order valence-corrected chi connectivity index (χ3v) is 5.49. The van der Waals surface area contributed by atoms with Crippen molar-refractivity contribution in [3.05, 3.63) is 23.8 Å². The van der Waals surface area contributed by atoms with Gasteiger partial charge in [0.15, 0.2) is 9.84 Å². The van der Waals surface area contributed by atoms with Gasteiger partial charge in [-0.3, -0.25) is 0 Å². The Balaban J connectivity index is 1.81. The van der Waals surface area contributed by atoms with E-state index >= 15 is 0 Å². The summed E-state index contributed by atoms with van der Waals surface area (Å²) in [5.41, 5.74) is 1.84. The van der Waals surface area contributed by atoms with Crippen molar-refractivity contribution in [3.8, 4) is 5.75 Å². The third-order valence-electron chi connectivity index (χ3n) is 3.62. The zero-order valence-corrected chi connectivity index (χ0v) is 11.2. The lowest BCUT2D eigenvalue weighted by molar-refractivity contribution is 0.117. The lowest BCUT2D eigenvalue weighted by Gasteiger charge is -2.24. The molecule has 1 fully saturated rings. The van der Waals surface area contributed by atoms with Crippen LogP contribution in [0.1, 0.15) is 18.9 Å². The molecule has 1 atom stereocenters. The number of rotatable bonds is 2. The van der Waals surface area contributed by atoms with E-state index in [1.54, 1.807) is 0 Å². The minimum absolute atomic E-state index is 0.120. The van der Waals surface area contributed by atoms with Gasteiger partial charge in [-0.05, 0) is 37.1 Å². The summed E-state index contributed by atoms with van der Waals surface area (Å²) in [6, 6.07) is 5.93. The first-order valence-corrected chi connectivity index (χ1v) is 8.04. The molecule has 0 amide bonds. The largest absolute Gasteiger partial charge is 0.486 e. The highest BCUT2D eigenvalue weighted by Gasteiger charge is 2.40. The summed E-state index contributed by atoms with van der Waals surface area (Å²) >= 11 is 0. The fraction of sp³-hybridized carbons (Fsp3) is 0.538. The van der Waals surface area contributed by atoms with E-state index in [0.29, 0.717) is 6.42 Å². The van der Waals surface area contributed by atoms with Crippen LogP contribution in [0.5, 0.6) is 5.75 Å². The number of fused-ring (bicyclic) bond motifs is 1. The van der Waals surface area contributed by atoms with E-state index in [2.05, 4.69) is 5.32 Å². The first kappa shape index (κ1) is 11.8. The standard InChI is InChI=1S/C13H17NO3S/c1-13(5-7-18(15,16)9-13)17-11-2-3-12-10(8-11)4-6-14-12/h2-3,8,14H,4-7,9H2,1H3. The average molecular weight is 267 g/mol. The highest BCUT2D eigenvalue weighted by molar-refractivity contribution is 7.91. The van der Waals surface area contributed by atoms with Gasteiger partial charge in [0, 0.05) is 18.7 Å². The van der Waals surface area contributed by atoms with Crippen molar-refractivity contribution in [2.24, 2.45) is 0 Å². The zero-order chi connectivity index (χ0) is 12.8. The van der Waals surface area contributed by atoms with E-state index in [9.17, 15) is 8.42 Å². The topological polar surface area (TPSA) is 55.4 Å². The van der Waals surface area contributed by atoms with E-state index in [4.69, 9.17) is 4.74 Å². The molecular weight excluding hydrogens is 250 g/mol. The smallest absolute Gasteiger partial charge is 0.154 e. The summed E-state index contributed by atoms with van der Waals surface area (Å²) < 4.78 is 29.0. The van der Waals surface area contributed by atoms with Crippen LogP contribution in [0.2, 0.25) is 0 Å². The van der Waals surface area contributed by atoms with E-state index < -0.39 is 15.4 Å². The number of benzene rings is 1. The monoisotopic (exact) mass is 267 g/mol. The summed E-state index contributed by atoms with van der Waals surface area (Å²) in [7, 11) is -2.92. The van der Waals surface area contributed by atoms with Crippen LogP contribution in [0.3, 0.4) is 0 Å². The molecule has 2 aliphatic rings. The van der Waals surface area contributed by atoms with E-state index in [-0.39, 0.29) is 11.5 Å². The second kappa shape index (κ2) is 3.88. The Morgan fingerprint density at radius 1 is 1.39 bits per heavy atom. The van der Waals surface area contributed by atoms with Gasteiger partial charge in [-0.1, -0.05) is 0 Å². The molecule has 1 aromatic carbocycles. The fourth-order valence-electron chi connectivity index (χ4n) is 2.69. The van der Waals surface area contributed by atoms with Gasteiger partial charge in [-0.15, -0.1) is 0 Å². The Labute approximate surface area is 107 Å². The molecule has 0 bridgehead atoms. The number of hydrogen-bond acceptors (Lipinski definition) is 4. The number of anilines is 1. The Morgan fingerprint density at radius 2 is 2.22 bits per heavy atom. The lowest BCUT2D eigenvalue weighted by atomic mass is 10.1. The molecule has 0 spiro atoms. The van der Waals surface area contributed by atoms with Crippen molar-refractivity contribution >= 4 is 15.5 Å². The van der Waals surface area contributed by atoms with E-state index in [1.807, 2.05) is 25.1 Å². The lowest BCUT2D eigenvalue weighted by Crippen LogP contribution is -2.33. The van der Waals surface area contributed by atoms with Crippen LogP contribution >= 0.6 is 0 Å². The summed E-state index contributed by atoms with van der Waals surface area (Å²) in [5, 5.41) is 3.29. The molecule has 98 valence electrons. The van der Waals surface area contributed by atoms with Crippen molar-refractivity contribution < 1.29 is 13.2 Å². The van der Waals surface area contributed by atoms with Crippen LogP contribution in [0, 0.1) is 0 Å². The molecule has 5 heteroatoms. The maximum absolute atomic E-state index is 11.5. The van der Waals surface area contributed by atoms with Gasteiger partial charge < -0.3 is 10.1 Å². The first-order valence-electron chi connectivity index (χ1n) is 6.22. The first-order chi connectivity index (χ1) is 8.46. The molecule has 0 aromatic heterocycles. The molecular formula is C13H17NO3S. The molecule has 1 aromatic rings. The van der Waals surface area contributed by atoms with Crippen molar-refractivity contribution in [3.63, 3.8) is 0 Å². The molecule has 0 saturated carbocycles. The Morgan fingerprint density at radius 3 is 2.94 bits per heavy atom. The van der Waals surface area contributed by atoms with Crippen LogP contribution in [0.4, 0.5) is 5.69 Å². The van der Waals surface area contributed by atoms with Gasteiger partial charge in [0.1, 0.15) is 11.4 Å². The van der Waals surface area contributed by atoms with E-state index in [0.717, 1.165) is 24.4 Å². The number of nitrogens with one attached hydrogen (secondary N) is 1. The maximum Gasteiger partial charge on any atom is 0.154 e. The number of hydrogen-bond donors (Lipinski definition) is 1. The average Bonchev–Trinajstić information content (AvgIpc) is 2.82. The second-order valence-electron chi connectivity index (χ2n) is 5.39. The maximum atomic E-state index is 11.5. The normalized spacial score (nSPS) is 28.7. The summed E-state index contributed by atoms with van der Waals surface area (Å²) in [4.78, 5) is 0. The Bertz CT molecular complexity index is 582. The Kier molecular flexibility index (Phi) is 2.55. The van der Waals surface area contributed by atoms with Crippen molar-refractivity contribution in [2.75, 3.05) is 23.4 Å². The summed E-state index contributed by atoms with van der Waals surface area (Å²) in [5.74, 6) is 1.13. The van der Waals surface area contributed by atoms with Crippen LogP contribution in [-0.4, -0.2) is 32.1 Å². The molecule has 3 rings (SSSR count). The molecule has 0 radical (unpaired) electrons. The predicted octanol–water partition coefficient (Wildman–Crippen LogP) is 1.61. The molecule has 2 aliphatic heterocycles. The van der Waals surface area contributed by atoms with Crippen molar-refractivity contribution in [1.29, 1.82) is 0 Å². The van der Waals surface area contributed by atoms with Crippen molar-refractivity contribution in [2.45, 2.75) is 25.4 Å². The second-order valence-corrected chi connectivity index (χ2v) is 7.57. The third kappa shape index (κ3) is 2.19. The van der Waals surface area contributed by atoms with Crippen LogP contribution in [0.15, 0.2) is 18.2 Å². The van der Waals surface area contributed by atoms with Gasteiger partial charge in [0.25, 0.3) is 0 Å². The van der Waals surface area contributed by atoms with Gasteiger partial charge >= 0.3 is 0 Å². The molecule has 4 nitrogen and oxygen atoms in total. The van der Waals surface area contributed by atoms with Crippen LogP contribution in [0.25, 0.3) is 0 Å². The van der Waals surface area contributed by atoms with Gasteiger partial charge in [-0.2, -0.15) is 0 Å². The SMILES string of the molecule is CC1(Oc2ccc3c(c2)CCN3)CCS(=O)(=O)C1. The fourth-order valence-corrected chi connectivity index (χ4v) is 4.71. The highest BCUT2D eigenvalue weighted by Crippen LogP contribution is 2.32. The van der Waals surface area contributed by atoms with Crippen LogP contribution in [-0.2, 0) is 16.3 Å². The minimum Gasteiger partial charge on any atom is -0.486 e. The van der Waals surface area contributed by atoms with E-state index in [1.165, 1.54) is 5.56 Å². The molecule has 18 heavy (non-hydrogen) atoms. The predicted molar refractivity (Wildman–Crippen MR) is 70.9 cm³/mol. The highest BCUT2D eigenvalue weighted by atomic mass is 32.2. The minimum atomic E-state index is -2.92. The zero-order valence-electron chi connectivity index (χ0n) is 10.4. The van der Waals surface area contributed by atoms with Crippen LogP contribution < -0.4 is 10.1 Å². The molecule has 1 N–H and O–H groups in total. The van der Waals surface area contributed by atoms with Crippen molar-refractivity contribution in [1.82, 2.24) is 0 Å². The molecule has 1 saturated heterocycles. The summed E-state index contributed by atoms with van der Waals surface area (Å²) in [6.45, 7) is 2.84. The molecule has 2 heterocycles. The number of sulfone groups is 1.